The number of anilines is 1. The molecule has 4 rings (SSSR count). The van der Waals surface area contributed by atoms with Crippen LogP contribution in [0.4, 0.5) is 5.69 Å². The SMILES string of the molecule is COc1ccc(S(=O)(=O)N(CCc2ccccc2)CC(=O)Nc2ccc3sncc3c2)cc1. The fraction of sp³-hybridized carbons (Fsp3) is 0.167. The van der Waals surface area contributed by atoms with E-state index >= 15 is 0 Å². The highest BCUT2D eigenvalue weighted by molar-refractivity contribution is 7.89. The molecule has 1 amide bonds. The maximum absolute atomic E-state index is 13.4. The summed E-state index contributed by atoms with van der Waals surface area (Å²) in [6.07, 6.45) is 2.21. The average molecular weight is 482 g/mol. The molecule has 1 aromatic heterocycles. The Balaban J connectivity index is 1.54. The van der Waals surface area contributed by atoms with Gasteiger partial charge in [0.1, 0.15) is 5.75 Å². The second-order valence-corrected chi connectivity index (χ2v) is 10.1. The summed E-state index contributed by atoms with van der Waals surface area (Å²) in [7, 11) is -2.38. The fourth-order valence-electron chi connectivity index (χ4n) is 3.39. The lowest BCUT2D eigenvalue weighted by Gasteiger charge is -2.22. The molecule has 0 aliphatic carbocycles. The Labute approximate surface area is 196 Å². The van der Waals surface area contributed by atoms with Crippen molar-refractivity contribution >= 4 is 43.2 Å². The Hall–Kier alpha value is -3.27. The lowest BCUT2D eigenvalue weighted by Crippen LogP contribution is -2.39. The highest BCUT2D eigenvalue weighted by atomic mass is 32.2. The maximum Gasteiger partial charge on any atom is 0.243 e. The number of fused-ring (bicyclic) bond motifs is 1. The van der Waals surface area contributed by atoms with Crippen molar-refractivity contribution in [3.8, 4) is 5.75 Å². The van der Waals surface area contributed by atoms with Gasteiger partial charge in [-0.15, -0.1) is 0 Å². The number of sulfonamides is 1. The molecule has 0 aliphatic rings. The first kappa shape index (κ1) is 22.9. The number of methoxy groups -OCH3 is 1. The first-order chi connectivity index (χ1) is 16.0. The molecule has 7 nitrogen and oxygen atoms in total. The monoisotopic (exact) mass is 481 g/mol. The molecule has 0 saturated heterocycles. The topological polar surface area (TPSA) is 88.6 Å². The number of hydrogen-bond acceptors (Lipinski definition) is 6. The van der Waals surface area contributed by atoms with E-state index < -0.39 is 15.9 Å². The van der Waals surface area contributed by atoms with Crippen molar-refractivity contribution in [2.45, 2.75) is 11.3 Å². The van der Waals surface area contributed by atoms with Gasteiger partial charge in [-0.3, -0.25) is 4.79 Å². The number of aromatic nitrogens is 1. The number of benzene rings is 3. The van der Waals surface area contributed by atoms with Gasteiger partial charge in [0.05, 0.1) is 23.2 Å². The van der Waals surface area contributed by atoms with Gasteiger partial charge in [0.15, 0.2) is 0 Å². The lowest BCUT2D eigenvalue weighted by molar-refractivity contribution is -0.116. The van der Waals surface area contributed by atoms with Gasteiger partial charge in [-0.2, -0.15) is 8.68 Å². The Morgan fingerprint density at radius 3 is 2.55 bits per heavy atom. The van der Waals surface area contributed by atoms with Crippen LogP contribution in [0.1, 0.15) is 5.56 Å². The first-order valence-electron chi connectivity index (χ1n) is 10.3. The van der Waals surface area contributed by atoms with Crippen LogP contribution < -0.4 is 10.1 Å². The summed E-state index contributed by atoms with van der Waals surface area (Å²) in [5.74, 6) is 0.142. The average Bonchev–Trinajstić information content (AvgIpc) is 3.30. The van der Waals surface area contributed by atoms with Crippen molar-refractivity contribution in [1.82, 2.24) is 8.68 Å². The van der Waals surface area contributed by atoms with Gasteiger partial charge in [0.2, 0.25) is 15.9 Å². The molecule has 0 atom stereocenters. The molecular formula is C24H23N3O4S2. The van der Waals surface area contributed by atoms with Crippen LogP contribution in [0.3, 0.4) is 0 Å². The number of rotatable bonds is 9. The number of carbonyl (C=O) groups is 1. The van der Waals surface area contributed by atoms with Crippen molar-refractivity contribution in [2.24, 2.45) is 0 Å². The molecule has 0 saturated carbocycles. The molecule has 0 aliphatic heterocycles. The van der Waals surface area contributed by atoms with E-state index in [1.807, 2.05) is 42.5 Å². The smallest absolute Gasteiger partial charge is 0.243 e. The van der Waals surface area contributed by atoms with E-state index in [1.54, 1.807) is 24.4 Å². The molecule has 0 radical (unpaired) electrons. The van der Waals surface area contributed by atoms with Crippen molar-refractivity contribution in [1.29, 1.82) is 0 Å². The van der Waals surface area contributed by atoms with E-state index in [0.717, 1.165) is 15.6 Å². The summed E-state index contributed by atoms with van der Waals surface area (Å²) in [5, 5.41) is 3.73. The van der Waals surface area contributed by atoms with Crippen molar-refractivity contribution < 1.29 is 17.9 Å². The van der Waals surface area contributed by atoms with Crippen LogP contribution in [0.25, 0.3) is 10.1 Å². The summed E-state index contributed by atoms with van der Waals surface area (Å²) in [5.41, 5.74) is 1.58. The normalized spacial score (nSPS) is 11.6. The number of nitrogens with zero attached hydrogens (tertiary/aromatic N) is 2. The molecule has 0 fully saturated rings. The molecule has 0 bridgehead atoms. The standard InChI is InChI=1S/C24H23N3O4S2/c1-31-21-8-10-22(11-9-21)33(29,30)27(14-13-18-5-3-2-4-6-18)17-24(28)26-20-7-12-23-19(15-20)16-25-32-23/h2-12,15-16H,13-14,17H2,1H3,(H,26,28). The minimum atomic E-state index is -3.90. The fourth-order valence-corrected chi connectivity index (χ4v) is 5.41. The minimum Gasteiger partial charge on any atom is -0.497 e. The van der Waals surface area contributed by atoms with E-state index in [0.29, 0.717) is 17.9 Å². The van der Waals surface area contributed by atoms with Crippen LogP contribution in [0.15, 0.2) is 83.9 Å². The molecular weight excluding hydrogens is 458 g/mol. The molecule has 4 aromatic rings. The van der Waals surface area contributed by atoms with E-state index in [-0.39, 0.29) is 18.0 Å². The van der Waals surface area contributed by atoms with Crippen molar-refractivity contribution in [2.75, 3.05) is 25.5 Å². The van der Waals surface area contributed by atoms with Gasteiger partial charge < -0.3 is 10.1 Å². The second-order valence-electron chi connectivity index (χ2n) is 7.38. The largest absolute Gasteiger partial charge is 0.497 e. The van der Waals surface area contributed by atoms with Gasteiger partial charge in [0.25, 0.3) is 0 Å². The van der Waals surface area contributed by atoms with E-state index in [1.165, 1.54) is 35.1 Å². The van der Waals surface area contributed by atoms with Crippen LogP contribution in [0, 0.1) is 0 Å². The third-order valence-corrected chi connectivity index (χ3v) is 7.78. The number of ether oxygens (including phenoxy) is 1. The van der Waals surface area contributed by atoms with Gasteiger partial charge >= 0.3 is 0 Å². The summed E-state index contributed by atoms with van der Waals surface area (Å²) in [6.45, 7) is -0.138. The van der Waals surface area contributed by atoms with E-state index in [9.17, 15) is 13.2 Å². The maximum atomic E-state index is 13.4. The van der Waals surface area contributed by atoms with Gasteiger partial charge in [-0.25, -0.2) is 8.42 Å². The number of amides is 1. The Morgan fingerprint density at radius 2 is 1.82 bits per heavy atom. The van der Waals surface area contributed by atoms with Crippen LogP contribution in [0.2, 0.25) is 0 Å². The van der Waals surface area contributed by atoms with E-state index in [4.69, 9.17) is 4.74 Å². The van der Waals surface area contributed by atoms with Crippen LogP contribution in [0.5, 0.6) is 5.75 Å². The van der Waals surface area contributed by atoms with Gasteiger partial charge in [-0.05, 0) is 66.0 Å². The molecule has 9 heteroatoms. The Kier molecular flexibility index (Phi) is 7.02. The number of nitrogens with one attached hydrogen (secondary N) is 1. The zero-order chi connectivity index (χ0) is 23.3. The number of carbonyl (C=O) groups excluding carboxylic acids is 1. The van der Waals surface area contributed by atoms with Crippen LogP contribution in [-0.2, 0) is 21.2 Å². The molecule has 3 aromatic carbocycles. The molecule has 0 spiro atoms. The quantitative estimate of drug-likeness (QED) is 0.388. The predicted octanol–water partition coefficient (Wildman–Crippen LogP) is 4.18. The zero-order valence-electron chi connectivity index (χ0n) is 18.0. The third-order valence-electron chi connectivity index (χ3n) is 5.15. The second kappa shape index (κ2) is 10.1. The van der Waals surface area contributed by atoms with Crippen LogP contribution >= 0.6 is 11.5 Å². The summed E-state index contributed by atoms with van der Waals surface area (Å²) >= 11 is 1.37. The first-order valence-corrected chi connectivity index (χ1v) is 12.5. The van der Waals surface area contributed by atoms with Crippen LogP contribution in [-0.4, -0.2) is 43.2 Å². The Morgan fingerprint density at radius 1 is 1.06 bits per heavy atom. The molecule has 170 valence electrons. The lowest BCUT2D eigenvalue weighted by atomic mass is 10.1. The molecule has 0 unspecified atom stereocenters. The molecule has 1 N–H and O–H groups in total. The van der Waals surface area contributed by atoms with Gasteiger partial charge in [-0.1, -0.05) is 30.3 Å². The molecule has 33 heavy (non-hydrogen) atoms. The third kappa shape index (κ3) is 5.57. The molecule has 1 heterocycles. The predicted molar refractivity (Wildman–Crippen MR) is 130 cm³/mol. The van der Waals surface area contributed by atoms with Crippen molar-refractivity contribution in [3.05, 3.63) is 84.6 Å². The van der Waals surface area contributed by atoms with E-state index in [2.05, 4.69) is 9.69 Å². The van der Waals surface area contributed by atoms with Crippen molar-refractivity contribution in [3.63, 3.8) is 0 Å². The summed E-state index contributed by atoms with van der Waals surface area (Å²) in [6, 6.07) is 21.2. The van der Waals surface area contributed by atoms with Gasteiger partial charge in [0, 0.05) is 23.8 Å². The highest BCUT2D eigenvalue weighted by Gasteiger charge is 2.26. The summed E-state index contributed by atoms with van der Waals surface area (Å²) in [4.78, 5) is 12.9. The Bertz CT molecular complexity index is 1340. The highest BCUT2D eigenvalue weighted by Crippen LogP contribution is 2.23. The number of hydrogen-bond donors (Lipinski definition) is 1. The minimum absolute atomic E-state index is 0.106. The zero-order valence-corrected chi connectivity index (χ0v) is 19.6. The summed E-state index contributed by atoms with van der Waals surface area (Å²) < 4.78 is 38.2.